The lowest BCUT2D eigenvalue weighted by atomic mass is 10.1. The van der Waals surface area contributed by atoms with Crippen LogP contribution in [0.25, 0.3) is 0 Å². The molecule has 1 aromatic rings. The van der Waals surface area contributed by atoms with Gasteiger partial charge in [0.2, 0.25) is 10.0 Å². The van der Waals surface area contributed by atoms with Gasteiger partial charge in [0.15, 0.2) is 0 Å². The summed E-state index contributed by atoms with van der Waals surface area (Å²) in [7, 11) is -3.70. The number of aliphatic hydroxyl groups is 1. The van der Waals surface area contributed by atoms with Gasteiger partial charge in [-0.05, 0) is 36.8 Å². The molecule has 112 valence electrons. The van der Waals surface area contributed by atoms with Crippen LogP contribution in [0.2, 0.25) is 10.0 Å². The van der Waals surface area contributed by atoms with Gasteiger partial charge < -0.3 is 5.11 Å². The lowest BCUT2D eigenvalue weighted by molar-refractivity contribution is 0.281. The summed E-state index contributed by atoms with van der Waals surface area (Å²) >= 11 is 11.9. The standard InChI is InChI=1S/C13H17Cl2NO3S/c1-2-13(5-6-13)8-16-20(18,19)11-4-3-10(14)9(7-17)12(11)15/h3-4,16-17H,2,5-8H2,1H3. The summed E-state index contributed by atoms with van der Waals surface area (Å²) in [6.07, 6.45) is 3.04. The molecule has 0 heterocycles. The highest BCUT2D eigenvalue weighted by Crippen LogP contribution is 2.48. The first kappa shape index (κ1) is 16.0. The van der Waals surface area contributed by atoms with Gasteiger partial charge in [0.05, 0.1) is 11.6 Å². The molecule has 0 aromatic heterocycles. The Kier molecular flexibility index (Phi) is 4.66. The van der Waals surface area contributed by atoms with Crippen molar-refractivity contribution in [1.82, 2.24) is 4.72 Å². The van der Waals surface area contributed by atoms with E-state index in [1.165, 1.54) is 12.1 Å². The number of nitrogens with one attached hydrogen (secondary N) is 1. The number of halogens is 2. The Balaban J connectivity index is 2.26. The van der Waals surface area contributed by atoms with E-state index in [4.69, 9.17) is 23.2 Å². The van der Waals surface area contributed by atoms with Crippen LogP contribution in [-0.2, 0) is 16.6 Å². The monoisotopic (exact) mass is 337 g/mol. The van der Waals surface area contributed by atoms with Crippen molar-refractivity contribution in [2.75, 3.05) is 6.54 Å². The maximum absolute atomic E-state index is 12.3. The van der Waals surface area contributed by atoms with Crippen molar-refractivity contribution >= 4 is 33.2 Å². The van der Waals surface area contributed by atoms with Crippen LogP contribution in [0.15, 0.2) is 17.0 Å². The highest BCUT2D eigenvalue weighted by molar-refractivity contribution is 7.89. The summed E-state index contributed by atoms with van der Waals surface area (Å²) in [4.78, 5) is -0.0421. The van der Waals surface area contributed by atoms with Crippen LogP contribution in [0.4, 0.5) is 0 Å². The molecule has 0 radical (unpaired) electrons. The van der Waals surface area contributed by atoms with Crippen molar-refractivity contribution in [3.05, 3.63) is 27.7 Å². The molecule has 0 amide bonds. The predicted octanol–water partition coefficient (Wildman–Crippen LogP) is 2.95. The maximum Gasteiger partial charge on any atom is 0.242 e. The second-order valence-electron chi connectivity index (χ2n) is 5.17. The lowest BCUT2D eigenvalue weighted by Gasteiger charge is -2.15. The van der Waals surface area contributed by atoms with Crippen molar-refractivity contribution < 1.29 is 13.5 Å². The van der Waals surface area contributed by atoms with E-state index in [9.17, 15) is 13.5 Å². The van der Waals surface area contributed by atoms with Gasteiger partial charge in [0.25, 0.3) is 0 Å². The molecule has 4 nitrogen and oxygen atoms in total. The van der Waals surface area contributed by atoms with Crippen LogP contribution in [0.5, 0.6) is 0 Å². The lowest BCUT2D eigenvalue weighted by Crippen LogP contribution is -2.30. The Labute approximate surface area is 129 Å². The summed E-state index contributed by atoms with van der Waals surface area (Å²) in [6.45, 7) is 2.07. The third-order valence-electron chi connectivity index (χ3n) is 3.94. The summed E-state index contributed by atoms with van der Waals surface area (Å²) in [6, 6.07) is 2.79. The highest BCUT2D eigenvalue weighted by Gasteiger charge is 2.41. The molecule has 0 saturated heterocycles. The van der Waals surface area contributed by atoms with E-state index in [0.29, 0.717) is 6.54 Å². The molecular formula is C13H17Cl2NO3S. The molecule has 0 aliphatic heterocycles. The third-order valence-corrected chi connectivity index (χ3v) is 6.28. The Hall–Kier alpha value is -0.330. The number of aliphatic hydroxyl groups excluding tert-OH is 1. The molecule has 20 heavy (non-hydrogen) atoms. The van der Waals surface area contributed by atoms with Crippen LogP contribution in [-0.4, -0.2) is 20.1 Å². The molecule has 1 aliphatic carbocycles. The minimum absolute atomic E-state index is 0.0196. The molecular weight excluding hydrogens is 321 g/mol. The topological polar surface area (TPSA) is 66.4 Å². The smallest absolute Gasteiger partial charge is 0.242 e. The van der Waals surface area contributed by atoms with E-state index in [1.54, 1.807) is 0 Å². The molecule has 0 atom stereocenters. The minimum Gasteiger partial charge on any atom is -0.392 e. The first-order valence-corrected chi connectivity index (χ1v) is 8.66. The van der Waals surface area contributed by atoms with Crippen molar-refractivity contribution in [1.29, 1.82) is 0 Å². The zero-order chi connectivity index (χ0) is 15.0. The molecule has 0 spiro atoms. The van der Waals surface area contributed by atoms with Gasteiger partial charge in [-0.25, -0.2) is 13.1 Å². The number of hydrogen-bond acceptors (Lipinski definition) is 3. The minimum atomic E-state index is -3.70. The largest absolute Gasteiger partial charge is 0.392 e. The van der Waals surface area contributed by atoms with Crippen molar-refractivity contribution in [3.8, 4) is 0 Å². The molecule has 0 bridgehead atoms. The molecule has 0 unspecified atom stereocenters. The zero-order valence-electron chi connectivity index (χ0n) is 11.1. The summed E-state index contributed by atoms with van der Waals surface area (Å²) < 4.78 is 27.2. The van der Waals surface area contributed by atoms with Crippen LogP contribution in [0.1, 0.15) is 31.7 Å². The number of rotatable bonds is 6. The predicted molar refractivity (Wildman–Crippen MR) is 79.5 cm³/mol. The highest BCUT2D eigenvalue weighted by atomic mass is 35.5. The number of sulfonamides is 1. The zero-order valence-corrected chi connectivity index (χ0v) is 13.4. The summed E-state index contributed by atoms with van der Waals surface area (Å²) in [5.74, 6) is 0. The van der Waals surface area contributed by atoms with Crippen LogP contribution >= 0.6 is 23.2 Å². The first-order chi connectivity index (χ1) is 9.35. The quantitative estimate of drug-likeness (QED) is 0.838. The second-order valence-corrected chi connectivity index (χ2v) is 7.69. The Morgan fingerprint density at radius 2 is 2.00 bits per heavy atom. The normalized spacial score (nSPS) is 17.2. The Bertz CT molecular complexity index is 612. The van der Waals surface area contributed by atoms with E-state index in [2.05, 4.69) is 11.6 Å². The average molecular weight is 338 g/mol. The van der Waals surface area contributed by atoms with E-state index in [-0.39, 0.29) is 25.9 Å². The molecule has 1 fully saturated rings. The van der Waals surface area contributed by atoms with Crippen LogP contribution in [0.3, 0.4) is 0 Å². The van der Waals surface area contributed by atoms with Gasteiger partial charge in [-0.15, -0.1) is 0 Å². The summed E-state index contributed by atoms with van der Waals surface area (Å²) in [5.41, 5.74) is 0.332. The molecule has 7 heteroatoms. The van der Waals surface area contributed by atoms with Gasteiger partial charge >= 0.3 is 0 Å². The van der Waals surface area contributed by atoms with Gasteiger partial charge in [0, 0.05) is 17.1 Å². The van der Waals surface area contributed by atoms with Gasteiger partial charge in [0.1, 0.15) is 4.90 Å². The van der Waals surface area contributed by atoms with E-state index in [1.807, 2.05) is 0 Å². The van der Waals surface area contributed by atoms with Crippen LogP contribution < -0.4 is 4.72 Å². The molecule has 1 saturated carbocycles. The average Bonchev–Trinajstić information content (AvgIpc) is 3.17. The van der Waals surface area contributed by atoms with Gasteiger partial charge in [-0.2, -0.15) is 0 Å². The van der Waals surface area contributed by atoms with Gasteiger partial charge in [-0.3, -0.25) is 0 Å². The fourth-order valence-corrected chi connectivity index (χ4v) is 4.14. The fourth-order valence-electron chi connectivity index (χ4n) is 2.09. The van der Waals surface area contributed by atoms with E-state index in [0.717, 1.165) is 19.3 Å². The second kappa shape index (κ2) is 5.81. The van der Waals surface area contributed by atoms with Crippen molar-refractivity contribution in [3.63, 3.8) is 0 Å². The number of hydrogen-bond donors (Lipinski definition) is 2. The molecule has 2 rings (SSSR count). The van der Waals surface area contributed by atoms with E-state index < -0.39 is 16.6 Å². The van der Waals surface area contributed by atoms with Crippen molar-refractivity contribution in [2.24, 2.45) is 5.41 Å². The Morgan fingerprint density at radius 3 is 2.50 bits per heavy atom. The third kappa shape index (κ3) is 3.12. The SMILES string of the molecule is CCC1(CNS(=O)(=O)c2ccc(Cl)c(CO)c2Cl)CC1. The maximum atomic E-state index is 12.3. The number of benzene rings is 1. The molecule has 1 aromatic carbocycles. The fraction of sp³-hybridized carbons (Fsp3) is 0.538. The molecule has 1 aliphatic rings. The van der Waals surface area contributed by atoms with Crippen molar-refractivity contribution in [2.45, 2.75) is 37.7 Å². The van der Waals surface area contributed by atoms with E-state index >= 15 is 0 Å². The molecule has 2 N–H and O–H groups in total. The first-order valence-electron chi connectivity index (χ1n) is 6.42. The summed E-state index contributed by atoms with van der Waals surface area (Å²) in [5, 5.41) is 9.45. The van der Waals surface area contributed by atoms with Gasteiger partial charge in [-0.1, -0.05) is 30.1 Å². The van der Waals surface area contributed by atoms with Crippen LogP contribution in [0, 0.1) is 5.41 Å². The Morgan fingerprint density at radius 1 is 1.35 bits per heavy atom.